The number of phenolic OH excluding ortho intramolecular Hbond substituents is 1. The lowest BCUT2D eigenvalue weighted by molar-refractivity contribution is 0.473. The Hall–Kier alpha value is -2.84. The van der Waals surface area contributed by atoms with Gasteiger partial charge in [0.25, 0.3) is 0 Å². The second-order valence-corrected chi connectivity index (χ2v) is 9.19. The van der Waals surface area contributed by atoms with E-state index in [2.05, 4.69) is 10.0 Å². The Labute approximate surface area is 163 Å². The first-order chi connectivity index (χ1) is 13.0. The van der Waals surface area contributed by atoms with Gasteiger partial charge in [0.05, 0.1) is 4.90 Å². The summed E-state index contributed by atoms with van der Waals surface area (Å²) in [6, 6.07) is 12.4. The Balaban J connectivity index is 1.87. The van der Waals surface area contributed by atoms with Gasteiger partial charge < -0.3 is 14.8 Å². The van der Waals surface area contributed by atoms with Crippen LogP contribution in [0.1, 0.15) is 26.3 Å². The molecule has 3 rings (SSSR count). The summed E-state index contributed by atoms with van der Waals surface area (Å²) < 4.78 is 32.7. The topological polar surface area (TPSA) is 109 Å². The molecule has 0 spiro atoms. The van der Waals surface area contributed by atoms with Gasteiger partial charge in [0, 0.05) is 35.3 Å². The van der Waals surface area contributed by atoms with Gasteiger partial charge >= 0.3 is 5.63 Å². The lowest BCUT2D eigenvalue weighted by atomic mass is 10.1. The number of hydrogen-bond donors (Lipinski definition) is 3. The smallest absolute Gasteiger partial charge is 0.336 e. The first kappa shape index (κ1) is 19.9. The van der Waals surface area contributed by atoms with Crippen LogP contribution in [0, 0.1) is 0 Å². The molecule has 0 aliphatic carbocycles. The number of aromatic hydroxyl groups is 1. The standard InChI is InChI=1S/C20H22N2O5S/c1-20(2,3)22-28(25,26)16-6-4-5-14(10-16)21-12-13-9-19(24)27-18-11-15(23)7-8-17(13)18/h4-11,21-23H,12H2,1-3H3. The number of sulfonamides is 1. The molecule has 8 heteroatoms. The highest BCUT2D eigenvalue weighted by Crippen LogP contribution is 2.23. The van der Waals surface area contributed by atoms with Crippen molar-refractivity contribution in [2.24, 2.45) is 0 Å². The van der Waals surface area contributed by atoms with E-state index in [1.54, 1.807) is 39.0 Å². The van der Waals surface area contributed by atoms with Crippen LogP contribution in [-0.4, -0.2) is 19.1 Å². The molecule has 1 heterocycles. The molecule has 0 bridgehead atoms. The molecule has 1 aromatic heterocycles. The average molecular weight is 402 g/mol. The van der Waals surface area contributed by atoms with Crippen LogP contribution in [0.4, 0.5) is 5.69 Å². The third kappa shape index (κ3) is 4.71. The molecule has 0 amide bonds. The maximum atomic E-state index is 12.5. The lowest BCUT2D eigenvalue weighted by Gasteiger charge is -2.20. The van der Waals surface area contributed by atoms with Gasteiger partial charge in [-0.15, -0.1) is 0 Å². The van der Waals surface area contributed by atoms with Crippen LogP contribution < -0.4 is 15.7 Å². The molecule has 3 N–H and O–H groups in total. The number of hydrogen-bond acceptors (Lipinski definition) is 6. The predicted molar refractivity (Wildman–Crippen MR) is 108 cm³/mol. The Morgan fingerprint density at radius 3 is 2.54 bits per heavy atom. The maximum Gasteiger partial charge on any atom is 0.336 e. The van der Waals surface area contributed by atoms with Crippen LogP contribution in [0.25, 0.3) is 11.0 Å². The second kappa shape index (κ2) is 7.29. The summed E-state index contributed by atoms with van der Waals surface area (Å²) in [5, 5.41) is 13.4. The molecule has 0 aliphatic heterocycles. The van der Waals surface area contributed by atoms with Gasteiger partial charge in [-0.2, -0.15) is 0 Å². The minimum Gasteiger partial charge on any atom is -0.508 e. The number of nitrogens with one attached hydrogen (secondary N) is 2. The quantitative estimate of drug-likeness (QED) is 0.566. The fraction of sp³-hybridized carbons (Fsp3) is 0.250. The van der Waals surface area contributed by atoms with Gasteiger partial charge in [-0.05, 0) is 56.7 Å². The summed E-state index contributed by atoms with van der Waals surface area (Å²) in [6.45, 7) is 5.60. The Morgan fingerprint density at radius 2 is 1.82 bits per heavy atom. The summed E-state index contributed by atoms with van der Waals surface area (Å²) in [6.07, 6.45) is 0. The Morgan fingerprint density at radius 1 is 1.07 bits per heavy atom. The summed E-state index contributed by atoms with van der Waals surface area (Å²) in [7, 11) is -3.65. The zero-order valence-corrected chi connectivity index (χ0v) is 16.6. The van der Waals surface area contributed by atoms with Crippen molar-refractivity contribution in [3.63, 3.8) is 0 Å². The van der Waals surface area contributed by atoms with Crippen LogP contribution in [-0.2, 0) is 16.6 Å². The molecule has 148 valence electrons. The van der Waals surface area contributed by atoms with E-state index in [-0.39, 0.29) is 22.8 Å². The number of phenols is 1. The normalized spacial score (nSPS) is 12.2. The number of benzene rings is 2. The van der Waals surface area contributed by atoms with E-state index in [4.69, 9.17) is 4.42 Å². The molecule has 0 saturated heterocycles. The van der Waals surface area contributed by atoms with E-state index in [9.17, 15) is 18.3 Å². The monoisotopic (exact) mass is 402 g/mol. The highest BCUT2D eigenvalue weighted by atomic mass is 32.2. The van der Waals surface area contributed by atoms with E-state index < -0.39 is 21.2 Å². The van der Waals surface area contributed by atoms with Crippen LogP contribution >= 0.6 is 0 Å². The van der Waals surface area contributed by atoms with Gasteiger partial charge in [0.1, 0.15) is 11.3 Å². The minimum atomic E-state index is -3.65. The van der Waals surface area contributed by atoms with Crippen molar-refractivity contribution in [3.05, 3.63) is 64.5 Å². The maximum absolute atomic E-state index is 12.5. The van der Waals surface area contributed by atoms with Crippen molar-refractivity contribution in [1.82, 2.24) is 4.72 Å². The van der Waals surface area contributed by atoms with Crippen molar-refractivity contribution < 1.29 is 17.9 Å². The lowest BCUT2D eigenvalue weighted by Crippen LogP contribution is -2.40. The van der Waals surface area contributed by atoms with Gasteiger partial charge in [0.15, 0.2) is 0 Å². The summed E-state index contributed by atoms with van der Waals surface area (Å²) in [4.78, 5) is 11.9. The van der Waals surface area contributed by atoms with Gasteiger partial charge in [-0.3, -0.25) is 0 Å². The molecule has 0 saturated carbocycles. The van der Waals surface area contributed by atoms with E-state index in [0.29, 0.717) is 16.6 Å². The van der Waals surface area contributed by atoms with Crippen molar-refractivity contribution in [2.75, 3.05) is 5.32 Å². The second-order valence-electron chi connectivity index (χ2n) is 7.51. The van der Waals surface area contributed by atoms with Gasteiger partial charge in [0.2, 0.25) is 10.0 Å². The van der Waals surface area contributed by atoms with Crippen molar-refractivity contribution in [3.8, 4) is 5.75 Å². The van der Waals surface area contributed by atoms with E-state index in [0.717, 1.165) is 0 Å². The number of rotatable bonds is 5. The molecular weight excluding hydrogens is 380 g/mol. The highest BCUT2D eigenvalue weighted by molar-refractivity contribution is 7.89. The summed E-state index contributed by atoms with van der Waals surface area (Å²) in [5.74, 6) is 0.00464. The predicted octanol–water partition coefficient (Wildman–Crippen LogP) is 3.19. The SMILES string of the molecule is CC(C)(C)NS(=O)(=O)c1cccc(NCc2cc(=O)oc3cc(O)ccc23)c1. The van der Waals surface area contributed by atoms with E-state index in [1.165, 1.54) is 30.3 Å². The molecule has 0 atom stereocenters. The molecule has 0 fully saturated rings. The molecule has 28 heavy (non-hydrogen) atoms. The first-order valence-electron chi connectivity index (χ1n) is 8.67. The third-order valence-electron chi connectivity index (χ3n) is 3.88. The molecule has 2 aromatic carbocycles. The molecular formula is C20H22N2O5S. The van der Waals surface area contributed by atoms with Crippen LogP contribution in [0.5, 0.6) is 5.75 Å². The van der Waals surface area contributed by atoms with E-state index in [1.807, 2.05) is 0 Å². The van der Waals surface area contributed by atoms with E-state index >= 15 is 0 Å². The number of anilines is 1. The fourth-order valence-electron chi connectivity index (χ4n) is 2.80. The van der Waals surface area contributed by atoms with Crippen molar-refractivity contribution in [1.29, 1.82) is 0 Å². The first-order valence-corrected chi connectivity index (χ1v) is 10.2. The van der Waals surface area contributed by atoms with Crippen LogP contribution in [0.15, 0.2) is 62.6 Å². The minimum absolute atomic E-state index is 0.00464. The zero-order valence-electron chi connectivity index (χ0n) is 15.8. The Bertz CT molecular complexity index is 1180. The fourth-order valence-corrected chi connectivity index (χ4v) is 4.26. The van der Waals surface area contributed by atoms with Gasteiger partial charge in [-0.1, -0.05) is 6.07 Å². The van der Waals surface area contributed by atoms with Crippen molar-refractivity contribution >= 4 is 26.7 Å². The van der Waals surface area contributed by atoms with Crippen LogP contribution in [0.3, 0.4) is 0 Å². The average Bonchev–Trinajstić information content (AvgIpc) is 2.57. The summed E-state index contributed by atoms with van der Waals surface area (Å²) >= 11 is 0. The largest absolute Gasteiger partial charge is 0.508 e. The molecule has 7 nitrogen and oxygen atoms in total. The summed E-state index contributed by atoms with van der Waals surface area (Å²) in [5.41, 5.74) is 0.435. The molecule has 0 radical (unpaired) electrons. The third-order valence-corrected chi connectivity index (χ3v) is 5.64. The Kier molecular flexibility index (Phi) is 5.18. The molecule has 0 aliphatic rings. The zero-order chi connectivity index (χ0) is 20.5. The highest BCUT2D eigenvalue weighted by Gasteiger charge is 2.22. The molecule has 3 aromatic rings. The number of fused-ring (bicyclic) bond motifs is 1. The molecule has 0 unspecified atom stereocenters. The van der Waals surface area contributed by atoms with Crippen LogP contribution in [0.2, 0.25) is 0 Å². The van der Waals surface area contributed by atoms with Gasteiger partial charge in [-0.25, -0.2) is 17.9 Å². The van der Waals surface area contributed by atoms with Crippen molar-refractivity contribution in [2.45, 2.75) is 37.8 Å².